The molecule has 26 heavy (non-hydrogen) atoms. The molecule has 2 heterocycles. The number of anilines is 3. The number of carbonyl (C=O) groups excluding carboxylic acids is 1. The SMILES string of the molecule is NC(=O)c1ccc(-c2n[nH]c3ccc(Nc4ccnc(N)n4)cc23)cc1. The minimum Gasteiger partial charge on any atom is -0.368 e. The van der Waals surface area contributed by atoms with Crippen LogP contribution in [0.3, 0.4) is 0 Å². The topological polar surface area (TPSA) is 136 Å². The first kappa shape index (κ1) is 15.6. The lowest BCUT2D eigenvalue weighted by molar-refractivity contribution is 0.100. The van der Waals surface area contributed by atoms with Crippen LogP contribution in [0.15, 0.2) is 54.7 Å². The maximum absolute atomic E-state index is 11.2. The van der Waals surface area contributed by atoms with Gasteiger partial charge in [0.25, 0.3) is 0 Å². The summed E-state index contributed by atoms with van der Waals surface area (Å²) < 4.78 is 0. The van der Waals surface area contributed by atoms with Crippen molar-refractivity contribution in [2.24, 2.45) is 5.73 Å². The molecule has 128 valence electrons. The number of aromatic nitrogens is 4. The summed E-state index contributed by atoms with van der Waals surface area (Å²) in [5, 5.41) is 11.5. The number of H-pyrrole nitrogens is 1. The lowest BCUT2D eigenvalue weighted by Crippen LogP contribution is -2.10. The molecular formula is C18H15N7O. The van der Waals surface area contributed by atoms with Crippen LogP contribution >= 0.6 is 0 Å². The number of carbonyl (C=O) groups is 1. The molecule has 0 aliphatic carbocycles. The van der Waals surface area contributed by atoms with Gasteiger partial charge < -0.3 is 16.8 Å². The molecule has 4 rings (SSSR count). The average molecular weight is 345 g/mol. The van der Waals surface area contributed by atoms with Gasteiger partial charge >= 0.3 is 0 Å². The molecule has 0 bridgehead atoms. The highest BCUT2D eigenvalue weighted by molar-refractivity contribution is 5.97. The van der Waals surface area contributed by atoms with Crippen LogP contribution in [0.4, 0.5) is 17.5 Å². The first-order valence-corrected chi connectivity index (χ1v) is 7.84. The van der Waals surface area contributed by atoms with Crippen molar-refractivity contribution >= 4 is 34.3 Å². The standard InChI is InChI=1S/C18H15N7O/c19-17(26)11-3-1-10(2-4-11)16-13-9-12(5-6-14(13)24-25-16)22-15-7-8-21-18(20)23-15/h1-9H,(H2,19,26)(H,24,25)(H3,20,21,22,23). The van der Waals surface area contributed by atoms with E-state index in [4.69, 9.17) is 11.5 Å². The van der Waals surface area contributed by atoms with E-state index in [0.717, 1.165) is 27.8 Å². The van der Waals surface area contributed by atoms with Crippen molar-refractivity contribution in [3.63, 3.8) is 0 Å². The van der Waals surface area contributed by atoms with E-state index in [1.54, 1.807) is 24.4 Å². The van der Waals surface area contributed by atoms with Crippen molar-refractivity contribution < 1.29 is 4.79 Å². The van der Waals surface area contributed by atoms with E-state index in [0.29, 0.717) is 11.4 Å². The Morgan fingerprint density at radius 1 is 1.08 bits per heavy atom. The molecular weight excluding hydrogens is 330 g/mol. The third-order valence-corrected chi connectivity index (χ3v) is 3.95. The van der Waals surface area contributed by atoms with E-state index in [9.17, 15) is 4.79 Å². The molecule has 0 fully saturated rings. The van der Waals surface area contributed by atoms with Crippen LogP contribution in [0.5, 0.6) is 0 Å². The Hall–Kier alpha value is -3.94. The van der Waals surface area contributed by atoms with Crippen molar-refractivity contribution in [3.8, 4) is 11.3 Å². The molecule has 8 heteroatoms. The number of hydrogen-bond acceptors (Lipinski definition) is 6. The zero-order chi connectivity index (χ0) is 18.1. The van der Waals surface area contributed by atoms with Crippen LogP contribution in [0.25, 0.3) is 22.2 Å². The van der Waals surface area contributed by atoms with Gasteiger partial charge in [0.2, 0.25) is 11.9 Å². The number of benzene rings is 2. The Balaban J connectivity index is 1.71. The summed E-state index contributed by atoms with van der Waals surface area (Å²) in [5.74, 6) is 0.348. The predicted molar refractivity (Wildman–Crippen MR) is 99.8 cm³/mol. The molecule has 0 radical (unpaired) electrons. The number of nitrogens with two attached hydrogens (primary N) is 2. The summed E-state index contributed by atoms with van der Waals surface area (Å²) in [6, 6.07) is 14.6. The van der Waals surface area contributed by atoms with Gasteiger partial charge in [0.1, 0.15) is 5.82 Å². The molecule has 6 N–H and O–H groups in total. The molecule has 1 amide bonds. The molecule has 0 atom stereocenters. The number of amides is 1. The van der Waals surface area contributed by atoms with Crippen molar-refractivity contribution in [2.75, 3.05) is 11.1 Å². The van der Waals surface area contributed by atoms with Gasteiger partial charge in [-0.15, -0.1) is 0 Å². The molecule has 0 saturated heterocycles. The van der Waals surface area contributed by atoms with E-state index < -0.39 is 5.91 Å². The van der Waals surface area contributed by atoms with Crippen LogP contribution < -0.4 is 16.8 Å². The van der Waals surface area contributed by atoms with Crippen molar-refractivity contribution in [2.45, 2.75) is 0 Å². The van der Waals surface area contributed by atoms with Gasteiger partial charge in [-0.05, 0) is 36.4 Å². The lowest BCUT2D eigenvalue weighted by Gasteiger charge is -2.06. The van der Waals surface area contributed by atoms with Crippen molar-refractivity contribution in [1.29, 1.82) is 0 Å². The average Bonchev–Trinajstić information content (AvgIpc) is 3.05. The summed E-state index contributed by atoms with van der Waals surface area (Å²) in [5.41, 5.74) is 14.7. The number of primary amides is 1. The first-order chi connectivity index (χ1) is 12.6. The number of nitrogen functional groups attached to an aromatic ring is 1. The lowest BCUT2D eigenvalue weighted by atomic mass is 10.1. The molecule has 0 unspecified atom stereocenters. The minimum absolute atomic E-state index is 0.203. The molecule has 4 aromatic rings. The van der Waals surface area contributed by atoms with Crippen LogP contribution in [0.1, 0.15) is 10.4 Å². The second kappa shape index (κ2) is 6.17. The van der Waals surface area contributed by atoms with Crippen molar-refractivity contribution in [3.05, 3.63) is 60.3 Å². The normalized spacial score (nSPS) is 10.8. The van der Waals surface area contributed by atoms with Gasteiger partial charge in [0, 0.05) is 28.4 Å². The monoisotopic (exact) mass is 345 g/mol. The second-order valence-electron chi connectivity index (χ2n) is 5.70. The van der Waals surface area contributed by atoms with Gasteiger partial charge in [-0.1, -0.05) is 12.1 Å². The summed E-state index contributed by atoms with van der Waals surface area (Å²) in [6.45, 7) is 0. The van der Waals surface area contributed by atoms with Crippen LogP contribution in [0, 0.1) is 0 Å². The third kappa shape index (κ3) is 2.91. The second-order valence-corrected chi connectivity index (χ2v) is 5.70. The van der Waals surface area contributed by atoms with Gasteiger partial charge in [-0.2, -0.15) is 10.1 Å². The molecule has 0 aliphatic rings. The Bertz CT molecular complexity index is 1100. The summed E-state index contributed by atoms with van der Waals surface area (Å²) in [4.78, 5) is 19.2. The fraction of sp³-hybridized carbons (Fsp3) is 0. The Morgan fingerprint density at radius 2 is 1.88 bits per heavy atom. The maximum Gasteiger partial charge on any atom is 0.248 e. The zero-order valence-electron chi connectivity index (χ0n) is 13.6. The number of nitrogens with zero attached hydrogens (tertiary/aromatic N) is 3. The fourth-order valence-electron chi connectivity index (χ4n) is 2.70. The molecule has 0 aliphatic heterocycles. The highest BCUT2D eigenvalue weighted by Gasteiger charge is 2.10. The van der Waals surface area contributed by atoms with Gasteiger partial charge in [0.05, 0.1) is 11.2 Å². The van der Waals surface area contributed by atoms with E-state index in [1.165, 1.54) is 0 Å². The molecule has 2 aromatic carbocycles. The first-order valence-electron chi connectivity index (χ1n) is 7.84. The largest absolute Gasteiger partial charge is 0.368 e. The van der Waals surface area contributed by atoms with E-state index in [1.807, 2.05) is 30.3 Å². The molecule has 0 spiro atoms. The summed E-state index contributed by atoms with van der Waals surface area (Å²) in [7, 11) is 0. The minimum atomic E-state index is -0.459. The Labute approximate surface area is 148 Å². The van der Waals surface area contributed by atoms with Gasteiger partial charge in [-0.25, -0.2) is 4.98 Å². The van der Waals surface area contributed by atoms with Crippen LogP contribution in [-0.2, 0) is 0 Å². The Kier molecular flexibility index (Phi) is 3.70. The predicted octanol–water partition coefficient (Wildman–Crippen LogP) is 2.44. The van der Waals surface area contributed by atoms with Crippen LogP contribution in [0.2, 0.25) is 0 Å². The summed E-state index contributed by atoms with van der Waals surface area (Å²) in [6.07, 6.45) is 1.59. The number of aromatic amines is 1. The Morgan fingerprint density at radius 3 is 2.62 bits per heavy atom. The molecule has 0 saturated carbocycles. The van der Waals surface area contributed by atoms with E-state index in [2.05, 4.69) is 25.5 Å². The number of fused-ring (bicyclic) bond motifs is 1. The molecule has 8 nitrogen and oxygen atoms in total. The zero-order valence-corrected chi connectivity index (χ0v) is 13.6. The van der Waals surface area contributed by atoms with Crippen molar-refractivity contribution in [1.82, 2.24) is 20.2 Å². The fourth-order valence-corrected chi connectivity index (χ4v) is 2.70. The molecule has 2 aromatic heterocycles. The van der Waals surface area contributed by atoms with Gasteiger partial charge in [0.15, 0.2) is 0 Å². The number of hydrogen-bond donors (Lipinski definition) is 4. The highest BCUT2D eigenvalue weighted by Crippen LogP contribution is 2.29. The third-order valence-electron chi connectivity index (χ3n) is 3.95. The van der Waals surface area contributed by atoms with Crippen LogP contribution in [-0.4, -0.2) is 26.1 Å². The summed E-state index contributed by atoms with van der Waals surface area (Å²) >= 11 is 0. The van der Waals surface area contributed by atoms with E-state index in [-0.39, 0.29) is 5.95 Å². The number of rotatable bonds is 4. The number of nitrogens with one attached hydrogen (secondary N) is 2. The smallest absolute Gasteiger partial charge is 0.248 e. The van der Waals surface area contributed by atoms with Gasteiger partial charge in [-0.3, -0.25) is 9.89 Å². The van der Waals surface area contributed by atoms with E-state index >= 15 is 0 Å². The highest BCUT2D eigenvalue weighted by atomic mass is 16.1. The maximum atomic E-state index is 11.2. The quantitative estimate of drug-likeness (QED) is 0.448.